The fourth-order valence-electron chi connectivity index (χ4n) is 0.826. The maximum absolute atomic E-state index is 5.40. The van der Waals surface area contributed by atoms with Gasteiger partial charge in [-0.3, -0.25) is 0 Å². The van der Waals surface area contributed by atoms with Crippen LogP contribution in [0.15, 0.2) is 23.3 Å². The summed E-state index contributed by atoms with van der Waals surface area (Å²) in [6.07, 6.45) is 4.33. The number of nitrogens with zero attached hydrogens (tertiary/aromatic N) is 1. The lowest BCUT2D eigenvalue weighted by Crippen LogP contribution is -1.84. The molecular weight excluding hydrogens is 138 g/mol. The lowest BCUT2D eigenvalue weighted by atomic mass is 10.2. The summed E-state index contributed by atoms with van der Waals surface area (Å²) in [7, 11) is 0. The molecule has 0 radical (unpaired) electrons. The van der Waals surface area contributed by atoms with Crippen LogP contribution in [0.5, 0.6) is 0 Å². The number of hydrogen-bond donors (Lipinski definition) is 0. The molecule has 0 bridgehead atoms. The van der Waals surface area contributed by atoms with Crippen molar-refractivity contribution in [1.29, 1.82) is 0 Å². The average Bonchev–Trinajstić information content (AvgIpc) is 2.37. The van der Waals surface area contributed by atoms with Gasteiger partial charge in [-0.1, -0.05) is 19.9 Å². The van der Waals surface area contributed by atoms with Crippen LogP contribution in [0.4, 0.5) is 0 Å². The molecule has 1 heterocycles. The molecule has 2 heteroatoms. The maximum atomic E-state index is 5.40. The average molecular weight is 151 g/mol. The van der Waals surface area contributed by atoms with E-state index in [9.17, 15) is 0 Å². The highest BCUT2D eigenvalue weighted by molar-refractivity contribution is 5.00. The number of hydrogen-bond acceptors (Lipinski definition) is 2. The Morgan fingerprint density at radius 1 is 1.73 bits per heavy atom. The van der Waals surface area contributed by atoms with Crippen LogP contribution >= 0.6 is 0 Å². The predicted octanol–water partition coefficient (Wildman–Crippen LogP) is 2.53. The molecule has 1 aromatic heterocycles. The Hall–Kier alpha value is -1.05. The molecule has 0 unspecified atom stereocenters. The third-order valence-corrected chi connectivity index (χ3v) is 1.41. The third-order valence-electron chi connectivity index (χ3n) is 1.41. The molecule has 60 valence electrons. The van der Waals surface area contributed by atoms with Gasteiger partial charge >= 0.3 is 0 Å². The van der Waals surface area contributed by atoms with E-state index in [0.29, 0.717) is 5.92 Å². The fourth-order valence-corrected chi connectivity index (χ4v) is 0.826. The van der Waals surface area contributed by atoms with Gasteiger partial charge in [0.1, 0.15) is 5.76 Å². The number of allylic oxidation sites excluding steroid dienone is 1. The van der Waals surface area contributed by atoms with Crippen LogP contribution < -0.4 is 0 Å². The molecule has 11 heavy (non-hydrogen) atoms. The van der Waals surface area contributed by atoms with Crippen molar-refractivity contribution in [3.8, 4) is 0 Å². The molecule has 0 saturated carbocycles. The van der Waals surface area contributed by atoms with Gasteiger partial charge in [-0.05, 0) is 0 Å². The molecule has 2 nitrogen and oxygen atoms in total. The van der Waals surface area contributed by atoms with Crippen LogP contribution in [0.1, 0.15) is 31.4 Å². The first-order chi connectivity index (χ1) is 5.24. The van der Waals surface area contributed by atoms with Gasteiger partial charge in [0, 0.05) is 12.3 Å². The van der Waals surface area contributed by atoms with Crippen LogP contribution in [-0.4, -0.2) is 4.98 Å². The van der Waals surface area contributed by atoms with Gasteiger partial charge in [-0.15, -0.1) is 6.58 Å². The Morgan fingerprint density at radius 2 is 2.45 bits per heavy atom. The zero-order valence-corrected chi connectivity index (χ0v) is 7.00. The van der Waals surface area contributed by atoms with Gasteiger partial charge < -0.3 is 4.42 Å². The monoisotopic (exact) mass is 151 g/mol. The smallest absolute Gasteiger partial charge is 0.196 e. The van der Waals surface area contributed by atoms with Gasteiger partial charge in [0.25, 0.3) is 0 Å². The lowest BCUT2D eigenvalue weighted by molar-refractivity contribution is 0.443. The molecule has 1 rings (SSSR count). The summed E-state index contributed by atoms with van der Waals surface area (Å²) in [6.45, 7) is 7.74. The van der Waals surface area contributed by atoms with Gasteiger partial charge in [0.05, 0.1) is 6.20 Å². The minimum Gasteiger partial charge on any atom is -0.445 e. The molecule has 0 atom stereocenters. The van der Waals surface area contributed by atoms with Crippen LogP contribution in [0.3, 0.4) is 0 Å². The molecule has 1 aromatic rings. The standard InChI is InChI=1S/C9H13NO/c1-4-5-8-6-10-9(11-8)7(2)3/h4,6-7H,1,5H2,2-3H3. The van der Waals surface area contributed by atoms with Crippen molar-refractivity contribution in [3.05, 3.63) is 30.5 Å². The van der Waals surface area contributed by atoms with Gasteiger partial charge in [0.2, 0.25) is 0 Å². The van der Waals surface area contributed by atoms with Crippen LogP contribution in [0.25, 0.3) is 0 Å². The summed E-state index contributed by atoms with van der Waals surface area (Å²) >= 11 is 0. The van der Waals surface area contributed by atoms with Crippen molar-refractivity contribution in [2.45, 2.75) is 26.2 Å². The van der Waals surface area contributed by atoms with Crippen molar-refractivity contribution in [2.75, 3.05) is 0 Å². The van der Waals surface area contributed by atoms with Crippen molar-refractivity contribution in [2.24, 2.45) is 0 Å². The molecule has 0 aliphatic rings. The number of aromatic nitrogens is 1. The minimum absolute atomic E-state index is 0.369. The normalized spacial score (nSPS) is 10.5. The first-order valence-electron chi connectivity index (χ1n) is 3.79. The molecule has 0 spiro atoms. The van der Waals surface area contributed by atoms with E-state index in [4.69, 9.17) is 4.42 Å². The summed E-state index contributed by atoms with van der Waals surface area (Å²) in [6, 6.07) is 0. The summed E-state index contributed by atoms with van der Waals surface area (Å²) in [5.41, 5.74) is 0. The van der Waals surface area contributed by atoms with Gasteiger partial charge in [-0.25, -0.2) is 4.98 Å². The van der Waals surface area contributed by atoms with E-state index < -0.39 is 0 Å². The SMILES string of the molecule is C=CCc1cnc(C(C)C)o1. The summed E-state index contributed by atoms with van der Waals surface area (Å²) < 4.78 is 5.40. The van der Waals surface area contributed by atoms with Gasteiger partial charge in [-0.2, -0.15) is 0 Å². The Balaban J connectivity index is 2.73. The lowest BCUT2D eigenvalue weighted by Gasteiger charge is -1.95. The zero-order valence-electron chi connectivity index (χ0n) is 7.00. The van der Waals surface area contributed by atoms with E-state index in [1.165, 1.54) is 0 Å². The van der Waals surface area contributed by atoms with Crippen molar-refractivity contribution < 1.29 is 4.42 Å². The van der Waals surface area contributed by atoms with Crippen LogP contribution in [0, 0.1) is 0 Å². The highest BCUT2D eigenvalue weighted by Crippen LogP contribution is 2.14. The second-order valence-corrected chi connectivity index (χ2v) is 2.81. The first kappa shape index (κ1) is 8.05. The highest BCUT2D eigenvalue weighted by atomic mass is 16.4. The van der Waals surface area contributed by atoms with Crippen molar-refractivity contribution in [3.63, 3.8) is 0 Å². The van der Waals surface area contributed by atoms with Crippen LogP contribution in [-0.2, 0) is 6.42 Å². The van der Waals surface area contributed by atoms with Crippen LogP contribution in [0.2, 0.25) is 0 Å². The van der Waals surface area contributed by atoms with E-state index in [0.717, 1.165) is 18.1 Å². The Labute approximate surface area is 66.9 Å². The second kappa shape index (κ2) is 3.37. The molecule has 0 amide bonds. The Bertz CT molecular complexity index is 237. The molecule has 0 N–H and O–H groups in total. The number of oxazole rings is 1. The Kier molecular flexibility index (Phi) is 2.47. The maximum Gasteiger partial charge on any atom is 0.196 e. The second-order valence-electron chi connectivity index (χ2n) is 2.81. The largest absolute Gasteiger partial charge is 0.445 e. The first-order valence-corrected chi connectivity index (χ1v) is 3.79. The predicted molar refractivity (Wildman–Crippen MR) is 44.5 cm³/mol. The van der Waals surface area contributed by atoms with E-state index in [2.05, 4.69) is 25.4 Å². The summed E-state index contributed by atoms with van der Waals surface area (Å²) in [4.78, 5) is 4.12. The molecule has 0 saturated heterocycles. The van der Waals surface area contributed by atoms with E-state index in [1.54, 1.807) is 6.20 Å². The molecule has 0 fully saturated rings. The third kappa shape index (κ3) is 1.93. The van der Waals surface area contributed by atoms with Gasteiger partial charge in [0.15, 0.2) is 5.89 Å². The quantitative estimate of drug-likeness (QED) is 0.620. The molecule has 0 aliphatic heterocycles. The summed E-state index contributed by atoms with van der Waals surface area (Å²) in [5, 5.41) is 0. The fraction of sp³-hybridized carbons (Fsp3) is 0.444. The zero-order chi connectivity index (χ0) is 8.27. The minimum atomic E-state index is 0.369. The van der Waals surface area contributed by atoms with Crippen molar-refractivity contribution >= 4 is 0 Å². The van der Waals surface area contributed by atoms with E-state index >= 15 is 0 Å². The Morgan fingerprint density at radius 3 is 2.91 bits per heavy atom. The molecule has 0 aromatic carbocycles. The highest BCUT2D eigenvalue weighted by Gasteiger charge is 2.05. The summed E-state index contributed by atoms with van der Waals surface area (Å²) in [5.74, 6) is 2.07. The molecular formula is C9H13NO. The molecule has 0 aliphatic carbocycles. The van der Waals surface area contributed by atoms with E-state index in [1.807, 2.05) is 6.08 Å². The van der Waals surface area contributed by atoms with Crippen molar-refractivity contribution in [1.82, 2.24) is 4.98 Å². The topological polar surface area (TPSA) is 26.0 Å². The number of rotatable bonds is 3. The van der Waals surface area contributed by atoms with E-state index in [-0.39, 0.29) is 0 Å².